The standard InChI is InChI=1S/C23H29F4N5O2.C15H22F3NO4Si.C15H24F3NO2Si.C7H3F4NO2/c1-22(2)12-15(10-16-4-3-7-32(16)22)29-20-18(24)13-28-21(31-20)30-14-5-6-19(34-9-8-33)17(11-14)23(25,26)27;1-14(2,3)24(4,5)23-9-8-22-13-7-6-11(19(20)21)10-12(13)15(16,17)18;1-14(2,3)22(4,5)21-9-8-20-13-7-6-11(19)10-12(13)15(16,17)18;8-6-2-1-4(12(13)14)3-5(6)7(9,10)11/h5-6,11,13,15-16,33H,3-4,7-10,12H2,1-2H3,(H2,28,29,30,31);6-7,10H,8-9H2,1-5H3;6-7,10H,8-9,19H2,1-5H3;1-3H/t15-,16+;;;/m1.../s1. The van der Waals surface area contributed by atoms with Crippen molar-refractivity contribution in [1.82, 2.24) is 14.9 Å². The van der Waals surface area contributed by atoms with Crippen molar-refractivity contribution in [2.45, 2.75) is 160 Å². The van der Waals surface area contributed by atoms with Crippen LogP contribution in [0.3, 0.4) is 0 Å². The summed E-state index contributed by atoms with van der Waals surface area (Å²) in [6, 6.07) is 11.0. The molecule has 1 aromatic heterocycles. The Morgan fingerprint density at radius 3 is 1.56 bits per heavy atom. The summed E-state index contributed by atoms with van der Waals surface area (Å²) in [6.07, 6.45) is -13.9. The van der Waals surface area contributed by atoms with Crippen LogP contribution in [0, 0.1) is 31.9 Å². The summed E-state index contributed by atoms with van der Waals surface area (Å²) in [7, 11) is -3.93. The van der Waals surface area contributed by atoms with E-state index in [0.717, 1.165) is 68.8 Å². The summed E-state index contributed by atoms with van der Waals surface area (Å²) >= 11 is 0. The van der Waals surface area contributed by atoms with Gasteiger partial charge in [0.15, 0.2) is 28.3 Å². The van der Waals surface area contributed by atoms with Crippen molar-refractivity contribution in [3.05, 3.63) is 133 Å². The highest BCUT2D eigenvalue weighted by atomic mass is 28.4. The van der Waals surface area contributed by atoms with Crippen LogP contribution in [0.15, 0.2) is 79.0 Å². The SMILES string of the molecule is CC(C)(C)[Si](C)(C)OCCOc1ccc(N)cc1C(F)(F)F.CC(C)(C)[Si](C)(C)OCCOc1ccc([N+](=O)[O-])cc1C(F)(F)F.CC1(C)C[C@H](Nc2nc(Nc3ccc(OCCO)c(C(F)(F)F)c3)ncc2F)C[C@@H]2CCCN21.O=[N+]([O-])c1ccc(F)c(C(F)(F)F)c1. The number of aliphatic hydroxyl groups excluding tert-OH is 1. The Bertz CT molecular complexity index is 3350. The maximum Gasteiger partial charge on any atom is 0.420 e. The van der Waals surface area contributed by atoms with E-state index in [4.69, 9.17) is 33.9 Å². The molecule has 2 atom stereocenters. The molecular weight excluding hydrogens is 1310 g/mol. The Morgan fingerprint density at radius 1 is 0.638 bits per heavy atom. The van der Waals surface area contributed by atoms with E-state index >= 15 is 0 Å². The zero-order chi connectivity index (χ0) is 71.4. The predicted octanol–water partition coefficient (Wildman–Crippen LogP) is 17.0. The van der Waals surface area contributed by atoms with E-state index in [1.54, 1.807) is 0 Å². The lowest BCUT2D eigenvalue weighted by molar-refractivity contribution is -0.385. The fourth-order valence-corrected chi connectivity index (χ4v) is 11.2. The van der Waals surface area contributed by atoms with Crippen LogP contribution in [0.4, 0.5) is 96.0 Å². The molecule has 0 spiro atoms. The number of nitrogens with one attached hydrogen (secondary N) is 2. The quantitative estimate of drug-likeness (QED) is 0.0150. The summed E-state index contributed by atoms with van der Waals surface area (Å²) in [5.74, 6) is -3.21. The fourth-order valence-electron chi connectivity index (χ4n) is 9.13. The normalized spacial score (nSPS) is 16.2. The molecule has 5 aromatic rings. The Balaban J connectivity index is 0.000000279. The lowest BCUT2D eigenvalue weighted by Gasteiger charge is -2.47. The number of hydrogen-bond donors (Lipinski definition) is 4. The van der Waals surface area contributed by atoms with Gasteiger partial charge in [0.25, 0.3) is 11.4 Å². The Labute approximate surface area is 536 Å². The van der Waals surface area contributed by atoms with Gasteiger partial charge in [-0.05, 0) is 131 Å². The molecule has 524 valence electrons. The number of nitrogens with zero attached hydrogens (tertiary/aromatic N) is 5. The average Bonchev–Trinajstić information content (AvgIpc) is 1.54. The molecule has 3 heterocycles. The van der Waals surface area contributed by atoms with Crippen LogP contribution in [-0.4, -0.2) is 110 Å². The van der Waals surface area contributed by atoms with E-state index in [0.29, 0.717) is 24.2 Å². The first kappa shape index (κ1) is 79.3. The van der Waals surface area contributed by atoms with Gasteiger partial charge >= 0.3 is 24.7 Å². The number of alkyl halides is 12. The van der Waals surface area contributed by atoms with Gasteiger partial charge in [0.2, 0.25) is 5.95 Å². The van der Waals surface area contributed by atoms with Crippen molar-refractivity contribution in [1.29, 1.82) is 0 Å². The maximum atomic E-state index is 14.5. The summed E-state index contributed by atoms with van der Waals surface area (Å²) in [6.45, 7) is 25.9. The number of aromatic nitrogens is 2. The Morgan fingerprint density at radius 2 is 1.09 bits per heavy atom. The van der Waals surface area contributed by atoms with Crippen LogP contribution in [0.5, 0.6) is 17.2 Å². The van der Waals surface area contributed by atoms with Crippen LogP contribution in [0.1, 0.15) is 103 Å². The van der Waals surface area contributed by atoms with Crippen molar-refractivity contribution in [2.75, 3.05) is 62.6 Å². The molecule has 2 saturated heterocycles. The van der Waals surface area contributed by atoms with Gasteiger partial charge in [-0.25, -0.2) is 13.8 Å². The molecule has 0 radical (unpaired) electrons. The minimum Gasteiger partial charge on any atom is -0.491 e. The van der Waals surface area contributed by atoms with Crippen LogP contribution < -0.4 is 30.6 Å². The number of nitro groups is 2. The lowest BCUT2D eigenvalue weighted by atomic mass is 9.84. The topological polar surface area (TPSA) is 232 Å². The molecule has 2 aliphatic heterocycles. The highest BCUT2D eigenvalue weighted by Gasteiger charge is 2.44. The van der Waals surface area contributed by atoms with E-state index in [9.17, 15) is 81.7 Å². The van der Waals surface area contributed by atoms with E-state index in [-0.39, 0.29) is 89.6 Å². The predicted molar refractivity (Wildman–Crippen MR) is 329 cm³/mol. The number of non-ortho nitro benzene ring substituents is 2. The Hall–Kier alpha value is -7.15. The van der Waals surface area contributed by atoms with E-state index in [1.807, 2.05) is 13.1 Å². The first-order valence-corrected chi connectivity index (χ1v) is 35.0. The van der Waals surface area contributed by atoms with Gasteiger partial charge < -0.3 is 44.5 Å². The van der Waals surface area contributed by atoms with Gasteiger partial charge in [-0.2, -0.15) is 57.7 Å². The molecule has 2 aliphatic rings. The molecule has 0 unspecified atom stereocenters. The first-order chi connectivity index (χ1) is 43.0. The molecule has 0 bridgehead atoms. The molecule has 94 heavy (non-hydrogen) atoms. The fraction of sp³-hybridized carbons (Fsp3) is 0.533. The number of nitrogens with two attached hydrogens (primary N) is 1. The van der Waals surface area contributed by atoms with E-state index in [1.165, 1.54) is 18.2 Å². The van der Waals surface area contributed by atoms with Crippen LogP contribution in [-0.2, 0) is 33.6 Å². The minimum absolute atomic E-state index is 0.0164. The molecule has 4 aromatic carbocycles. The smallest absolute Gasteiger partial charge is 0.420 e. The third-order valence-corrected chi connectivity index (χ3v) is 25.0. The number of fused-ring (bicyclic) bond motifs is 1. The largest absolute Gasteiger partial charge is 0.491 e. The second-order valence-corrected chi connectivity index (χ2v) is 35.0. The number of rotatable bonds is 19. The van der Waals surface area contributed by atoms with Gasteiger partial charge in [0.05, 0.1) is 52.6 Å². The highest BCUT2D eigenvalue weighted by molar-refractivity contribution is 6.74. The summed E-state index contributed by atoms with van der Waals surface area (Å²) < 4.78 is 208. The Kier molecular flexibility index (Phi) is 26.7. The van der Waals surface area contributed by atoms with Gasteiger partial charge in [0.1, 0.15) is 48.4 Å². The van der Waals surface area contributed by atoms with Crippen LogP contribution in [0.25, 0.3) is 0 Å². The number of piperidine rings is 1. The number of hydrogen-bond acceptors (Lipinski definition) is 16. The van der Waals surface area contributed by atoms with Crippen molar-refractivity contribution in [3.63, 3.8) is 0 Å². The van der Waals surface area contributed by atoms with Crippen LogP contribution >= 0.6 is 0 Å². The van der Waals surface area contributed by atoms with Crippen LogP contribution in [0.2, 0.25) is 36.3 Å². The zero-order valence-corrected chi connectivity index (χ0v) is 55.7. The summed E-state index contributed by atoms with van der Waals surface area (Å²) in [5, 5.41) is 35.5. The molecule has 2 fully saturated rings. The summed E-state index contributed by atoms with van der Waals surface area (Å²) in [4.78, 5) is 29.4. The van der Waals surface area contributed by atoms with Crippen molar-refractivity contribution in [3.8, 4) is 17.2 Å². The number of aliphatic hydroxyl groups is 1. The van der Waals surface area contributed by atoms with E-state index < -0.39 is 115 Å². The molecule has 0 amide bonds. The molecule has 18 nitrogen and oxygen atoms in total. The molecular formula is C60H78F14N8O10Si2. The van der Waals surface area contributed by atoms with Crippen molar-refractivity contribution < 1.29 is 99.5 Å². The molecule has 34 heteroatoms. The zero-order valence-electron chi connectivity index (χ0n) is 53.7. The average molecular weight is 1390 g/mol. The lowest BCUT2D eigenvalue weighted by Crippen LogP contribution is -2.55. The van der Waals surface area contributed by atoms with E-state index in [2.05, 4.69) is 94.0 Å². The van der Waals surface area contributed by atoms with Gasteiger partial charge in [0, 0.05) is 53.3 Å². The van der Waals surface area contributed by atoms with Crippen molar-refractivity contribution in [2.24, 2.45) is 0 Å². The number of nitro benzene ring substituents is 2. The highest BCUT2D eigenvalue weighted by Crippen LogP contribution is 2.44. The second-order valence-electron chi connectivity index (χ2n) is 25.4. The number of ether oxygens (including phenoxy) is 3. The third-order valence-electron chi connectivity index (χ3n) is 15.9. The summed E-state index contributed by atoms with van der Waals surface area (Å²) in [5.41, 5.74) is -0.570. The molecule has 5 N–H and O–H groups in total. The molecule has 7 rings (SSSR count). The number of nitrogen functional groups attached to an aromatic ring is 1. The van der Waals surface area contributed by atoms with Crippen molar-refractivity contribution >= 4 is 51.2 Å². The minimum atomic E-state index is -4.92. The number of benzene rings is 4. The molecule has 0 saturated carbocycles. The monoisotopic (exact) mass is 1390 g/mol. The number of halogens is 14. The maximum absolute atomic E-state index is 14.5. The van der Waals surface area contributed by atoms with Gasteiger partial charge in [-0.1, -0.05) is 41.5 Å². The molecule has 0 aliphatic carbocycles. The number of anilines is 4. The second kappa shape index (κ2) is 31.6. The first-order valence-electron chi connectivity index (χ1n) is 29.1. The van der Waals surface area contributed by atoms with Gasteiger partial charge in [-0.3, -0.25) is 25.1 Å². The van der Waals surface area contributed by atoms with Gasteiger partial charge in [-0.15, -0.1) is 0 Å². The third kappa shape index (κ3) is 23.1.